The van der Waals surface area contributed by atoms with Gasteiger partial charge in [0.25, 0.3) is 11.1 Å². The van der Waals surface area contributed by atoms with Gasteiger partial charge in [0.1, 0.15) is 96.9 Å². The number of hydrogen-bond acceptors (Lipinski definition) is 36. The van der Waals surface area contributed by atoms with Crippen molar-refractivity contribution in [1.29, 1.82) is 0 Å². The Morgan fingerprint density at radius 3 is 1.24 bits per heavy atom. The van der Waals surface area contributed by atoms with Gasteiger partial charge in [-0.1, -0.05) is 0 Å². The molecule has 0 aromatic carbocycles. The zero-order valence-electron chi connectivity index (χ0n) is 45.3. The van der Waals surface area contributed by atoms with E-state index in [1.807, 2.05) is 0 Å². The van der Waals surface area contributed by atoms with E-state index in [9.17, 15) is 77.8 Å². The summed E-state index contributed by atoms with van der Waals surface area (Å²) in [5.74, 6) is -1.08. The Balaban J connectivity index is 0.807. The quantitative estimate of drug-likeness (QED) is 0.0281. The van der Waals surface area contributed by atoms with Crippen molar-refractivity contribution in [3.8, 4) is 0 Å². The first-order valence-electron chi connectivity index (χ1n) is 26.0. The number of nitrogens with zero attached hydrogens (tertiary/aromatic N) is 14. The molecular formula is C40H50N20O27P4. The van der Waals surface area contributed by atoms with Gasteiger partial charge < -0.3 is 91.9 Å². The number of aliphatic hydroxyl groups is 5. The average Bonchev–Trinajstić information content (AvgIpc) is 1.73. The molecule has 4 fully saturated rings. The summed E-state index contributed by atoms with van der Waals surface area (Å²) in [7, 11) is -22.9. The molecule has 8 aromatic rings. The van der Waals surface area contributed by atoms with Gasteiger partial charge in [-0.05, 0) is 0 Å². The van der Waals surface area contributed by atoms with Gasteiger partial charge in [0.15, 0.2) is 70.2 Å². The van der Waals surface area contributed by atoms with Crippen LogP contribution in [0.15, 0.2) is 47.6 Å². The van der Waals surface area contributed by atoms with Crippen molar-refractivity contribution in [3.05, 3.63) is 58.7 Å². The van der Waals surface area contributed by atoms with Gasteiger partial charge in [0, 0.05) is 0 Å². The first kappa shape index (κ1) is 64.2. The minimum Gasteiger partial charge on any atom is -0.387 e. The van der Waals surface area contributed by atoms with Crippen LogP contribution in [0.2, 0.25) is 0 Å². The van der Waals surface area contributed by atoms with Crippen LogP contribution in [0.1, 0.15) is 24.9 Å². The fourth-order valence-electron chi connectivity index (χ4n) is 10.3. The maximum Gasteiger partial charge on any atom is 0.472 e. The van der Waals surface area contributed by atoms with E-state index in [0.29, 0.717) is 0 Å². The summed E-state index contributed by atoms with van der Waals surface area (Å²) < 4.78 is 119. The minimum atomic E-state index is -5.96. The topological polar surface area (TPSA) is 691 Å². The first-order valence-corrected chi connectivity index (χ1v) is 32.0. The van der Waals surface area contributed by atoms with E-state index in [1.165, 1.54) is 10.9 Å². The average molecular weight is 1370 g/mol. The number of fused-ring (bicyclic) bond motifs is 4. The van der Waals surface area contributed by atoms with E-state index >= 15 is 0 Å². The van der Waals surface area contributed by atoms with Gasteiger partial charge >= 0.3 is 31.3 Å². The Morgan fingerprint density at radius 1 is 0.429 bits per heavy atom. The van der Waals surface area contributed by atoms with Crippen LogP contribution in [0, 0.1) is 0 Å². The number of anilines is 4. The molecule has 0 saturated carbocycles. The Bertz CT molecular complexity index is 4400. The Kier molecular flexibility index (Phi) is 17.1. The summed E-state index contributed by atoms with van der Waals surface area (Å²) in [6, 6.07) is 0. The molecule has 4 aliphatic rings. The van der Waals surface area contributed by atoms with Crippen molar-refractivity contribution in [3.63, 3.8) is 0 Å². The predicted molar refractivity (Wildman–Crippen MR) is 290 cm³/mol. The molecule has 0 spiro atoms. The molecule has 51 heteroatoms. The van der Waals surface area contributed by atoms with Gasteiger partial charge in [0.05, 0.1) is 51.7 Å². The van der Waals surface area contributed by atoms with E-state index in [1.54, 1.807) is 0 Å². The summed E-state index contributed by atoms with van der Waals surface area (Å²) in [5.41, 5.74) is 20.3. The van der Waals surface area contributed by atoms with Crippen molar-refractivity contribution >= 4 is 99.5 Å². The van der Waals surface area contributed by atoms with Gasteiger partial charge in [-0.2, -0.15) is 9.97 Å². The summed E-state index contributed by atoms with van der Waals surface area (Å²) in [5, 5.41) is 55.9. The number of phosphoric ester groups is 4. The minimum absolute atomic E-state index is 0.0295. The molecule has 20 N–H and O–H groups in total. The summed E-state index contributed by atoms with van der Waals surface area (Å²) in [6.45, 7) is -4.80. The number of ether oxygens (including phenoxy) is 4. The van der Waals surface area contributed by atoms with Gasteiger partial charge in [-0.3, -0.25) is 69.5 Å². The van der Waals surface area contributed by atoms with Crippen molar-refractivity contribution in [2.75, 3.05) is 49.4 Å². The number of rotatable bonds is 22. The fraction of sp³-hybridized carbons (Fsp3) is 0.500. The largest absolute Gasteiger partial charge is 0.472 e. The molecule has 8 aromatic heterocycles. The van der Waals surface area contributed by atoms with Crippen LogP contribution in [0.5, 0.6) is 0 Å². The highest BCUT2D eigenvalue weighted by atomic mass is 31.2. The molecule has 0 amide bonds. The SMILES string of the molecule is Nc1nc2c(ncn2[C@@H]2O[C@H](COP(=O)(O)O[C@@H]3[C@H](OP(=O)(O)OC[C@H]4O[C@@H](n5cnc6c(N)ncnc65)[C@H](O)[C@@H]4OP(=O)(O)OC[C@H]4O[C@@H](n5cnc6c(N)ncnc65)[C@H](O)[C@@H]4O)[C@@H](COP(=O)(O)O)O[C@H]3n3cnc4c(=O)[nH]c(N)nc43)[C@@H](O)[C@H]2O)c(=O)[nH]1. The monoisotopic (exact) mass is 1370 g/mol. The lowest BCUT2D eigenvalue weighted by molar-refractivity contribution is -0.0624. The molecule has 4 aliphatic heterocycles. The highest BCUT2D eigenvalue weighted by Crippen LogP contribution is 2.56. The number of H-pyrrole nitrogens is 2. The molecule has 0 aliphatic carbocycles. The standard InChI is InChI=1S/C40H50N20O27P4/c41-27-15-29(47-5-45-27)57(7-49-15)35-21(63)19(61)11(81-35)1-78-89(71,72)85-24-13(83-37(23(24)65)58-8-50-16-28(42)46-6-48-30(16)58)4-80-90(73,74)86-25-14(3-77-88(68,69)70)84-38(60-10-52-18-32(60)54-40(44)56-34(18)67)26(25)87-91(75,76)79-2-12-20(62)22(64)36(82-12)59-9-51-17-31(59)53-39(43)55-33(17)66/h5-14,19-26,35-38,61-65H,1-4H2,(H,71,72)(H,73,74)(H,75,76)(H2,41,45,47)(H2,42,46,48)(H2,68,69,70)(H3,43,53,55,66)(H3,44,54,56,67)/t11-,12-,13-,14-,19-,20-,21-,22-,23-,24-,25-,26-,35-,36-,37-,38-/m1/s1. The number of aromatic nitrogens is 16. The number of imidazole rings is 4. The molecule has 3 unspecified atom stereocenters. The number of nitrogens with two attached hydrogens (primary N) is 4. The lowest BCUT2D eigenvalue weighted by Crippen LogP contribution is -2.39. The zero-order chi connectivity index (χ0) is 65.0. The van der Waals surface area contributed by atoms with Crippen LogP contribution >= 0.6 is 31.3 Å². The van der Waals surface area contributed by atoms with E-state index in [0.717, 1.165) is 45.3 Å². The third-order valence-electron chi connectivity index (χ3n) is 14.4. The van der Waals surface area contributed by atoms with Crippen LogP contribution in [-0.4, -0.2) is 228 Å². The molecule has 91 heavy (non-hydrogen) atoms. The zero-order valence-corrected chi connectivity index (χ0v) is 48.9. The highest BCUT2D eigenvalue weighted by molar-refractivity contribution is 7.48. The molecule has 4 saturated heterocycles. The molecular weight excluding hydrogens is 1320 g/mol. The molecule has 12 rings (SSSR count). The Labute approximate surface area is 501 Å². The molecule has 0 bridgehead atoms. The van der Waals surface area contributed by atoms with E-state index in [4.69, 9.17) is 69.0 Å². The second kappa shape index (κ2) is 24.2. The predicted octanol–water partition coefficient (Wildman–Crippen LogP) is -5.73. The number of phosphoric acid groups is 4. The van der Waals surface area contributed by atoms with E-state index < -0.39 is 184 Å². The molecule has 12 heterocycles. The second-order valence-corrected chi connectivity index (χ2v) is 25.7. The summed E-state index contributed by atoms with van der Waals surface area (Å²) in [4.78, 5) is 124. The van der Waals surface area contributed by atoms with Gasteiger partial charge in [0.2, 0.25) is 11.9 Å². The second-order valence-electron chi connectivity index (χ2n) is 20.2. The summed E-state index contributed by atoms with van der Waals surface area (Å²) >= 11 is 0. The third-order valence-corrected chi connectivity index (χ3v) is 17.9. The van der Waals surface area contributed by atoms with E-state index in [2.05, 4.69) is 64.3 Å². The fourth-order valence-corrected chi connectivity index (χ4v) is 13.5. The lowest BCUT2D eigenvalue weighted by Gasteiger charge is -2.28. The molecule has 0 radical (unpaired) electrons. The smallest absolute Gasteiger partial charge is 0.387 e. The Hall–Kier alpha value is -6.92. The van der Waals surface area contributed by atoms with Crippen LogP contribution < -0.4 is 34.1 Å². The van der Waals surface area contributed by atoms with Crippen molar-refractivity contribution in [2.24, 2.45) is 0 Å². The number of nitrogens with one attached hydrogen (secondary N) is 2. The highest BCUT2D eigenvalue weighted by Gasteiger charge is 2.56. The van der Waals surface area contributed by atoms with Crippen molar-refractivity contribution < 1.29 is 119 Å². The van der Waals surface area contributed by atoms with Crippen LogP contribution in [-0.2, 0) is 68.9 Å². The maximum atomic E-state index is 14.4. The number of aliphatic hydroxyl groups excluding tert-OH is 5. The lowest BCUT2D eigenvalue weighted by atomic mass is 10.1. The van der Waals surface area contributed by atoms with Gasteiger partial charge in [-0.15, -0.1) is 0 Å². The van der Waals surface area contributed by atoms with E-state index in [-0.39, 0.29) is 51.1 Å². The maximum absolute atomic E-state index is 14.4. The number of nitrogen functional groups attached to an aromatic ring is 4. The molecule has 47 nitrogen and oxygen atoms in total. The van der Waals surface area contributed by atoms with Crippen molar-refractivity contribution in [2.45, 2.75) is 98.2 Å². The van der Waals surface area contributed by atoms with Crippen LogP contribution in [0.3, 0.4) is 0 Å². The van der Waals surface area contributed by atoms with Crippen LogP contribution in [0.25, 0.3) is 44.7 Å². The van der Waals surface area contributed by atoms with Gasteiger partial charge in [-0.25, -0.2) is 58.1 Å². The summed E-state index contributed by atoms with van der Waals surface area (Å²) in [6.07, 6.45) is -24.7. The Morgan fingerprint density at radius 2 is 0.780 bits per heavy atom. The molecule has 19 atom stereocenters. The van der Waals surface area contributed by atoms with Crippen molar-refractivity contribution in [1.82, 2.24) is 78.1 Å². The first-order chi connectivity index (χ1) is 42.9. The van der Waals surface area contributed by atoms with Crippen LogP contribution in [0.4, 0.5) is 23.5 Å². The number of hydrogen-bond donors (Lipinski definition) is 16. The third kappa shape index (κ3) is 12.6. The number of aromatic amines is 2. The normalized spacial score (nSPS) is 30.9. The molecule has 492 valence electrons.